The summed E-state index contributed by atoms with van der Waals surface area (Å²) >= 11 is 0. The Kier molecular flexibility index (Phi) is 5.23. The van der Waals surface area contributed by atoms with Gasteiger partial charge in [-0.2, -0.15) is 5.10 Å². The highest BCUT2D eigenvalue weighted by Crippen LogP contribution is 2.26. The van der Waals surface area contributed by atoms with E-state index in [1.165, 1.54) is 0 Å². The number of hydrogen-bond donors (Lipinski definition) is 0. The maximum absolute atomic E-state index is 13.2. The van der Waals surface area contributed by atoms with Crippen molar-refractivity contribution in [3.63, 3.8) is 0 Å². The molecule has 0 bridgehead atoms. The molecule has 0 aliphatic heterocycles. The number of amides is 1. The predicted octanol–water partition coefficient (Wildman–Crippen LogP) is 5.39. The molecule has 0 N–H and O–H groups in total. The minimum Gasteiger partial charge on any atom is -0.457 e. The van der Waals surface area contributed by atoms with Crippen LogP contribution in [-0.4, -0.2) is 27.7 Å². The van der Waals surface area contributed by atoms with Crippen LogP contribution in [0.2, 0.25) is 0 Å². The normalized spacial score (nSPS) is 11.1. The summed E-state index contributed by atoms with van der Waals surface area (Å²) < 4.78 is 7.69. The van der Waals surface area contributed by atoms with Crippen molar-refractivity contribution in [3.8, 4) is 11.5 Å². The van der Waals surface area contributed by atoms with Crippen LogP contribution >= 0.6 is 0 Å². The van der Waals surface area contributed by atoms with Crippen LogP contribution in [0.1, 0.15) is 35.9 Å². The summed E-state index contributed by atoms with van der Waals surface area (Å²) in [6.45, 7) is 5.97. The molecule has 0 radical (unpaired) electrons. The maximum atomic E-state index is 13.2. The number of nitrogens with zero attached hydrogens (tertiary/aromatic N) is 4. The summed E-state index contributed by atoms with van der Waals surface area (Å²) in [5.41, 5.74) is 2.82. The zero-order chi connectivity index (χ0) is 21.3. The van der Waals surface area contributed by atoms with Crippen LogP contribution in [0.5, 0.6) is 11.5 Å². The van der Waals surface area contributed by atoms with Gasteiger partial charge in [-0.05, 0) is 63.2 Å². The lowest BCUT2D eigenvalue weighted by molar-refractivity contribution is 0.0992. The summed E-state index contributed by atoms with van der Waals surface area (Å²) in [4.78, 5) is 19.4. The number of hydrogen-bond acceptors (Lipinski definition) is 4. The molecular formula is C24H24N4O2. The van der Waals surface area contributed by atoms with Gasteiger partial charge in [0.2, 0.25) is 0 Å². The zero-order valence-electron chi connectivity index (χ0n) is 17.5. The minimum absolute atomic E-state index is 0.115. The number of anilines is 1. The van der Waals surface area contributed by atoms with Gasteiger partial charge >= 0.3 is 0 Å². The van der Waals surface area contributed by atoms with E-state index in [0.717, 1.165) is 22.5 Å². The van der Waals surface area contributed by atoms with Crippen molar-refractivity contribution in [2.75, 3.05) is 11.9 Å². The van der Waals surface area contributed by atoms with Crippen molar-refractivity contribution in [3.05, 3.63) is 78.1 Å². The average Bonchev–Trinajstić information content (AvgIpc) is 3.16. The molecule has 0 spiro atoms. The lowest BCUT2D eigenvalue weighted by atomic mass is 10.1. The van der Waals surface area contributed by atoms with Crippen LogP contribution in [0.4, 0.5) is 5.69 Å². The van der Waals surface area contributed by atoms with Crippen molar-refractivity contribution in [1.29, 1.82) is 0 Å². The molecule has 2 heterocycles. The molecule has 0 unspecified atom stereocenters. The number of carbonyl (C=O) groups is 1. The largest absolute Gasteiger partial charge is 0.457 e. The fourth-order valence-corrected chi connectivity index (χ4v) is 3.32. The van der Waals surface area contributed by atoms with Gasteiger partial charge in [-0.15, -0.1) is 0 Å². The van der Waals surface area contributed by atoms with E-state index in [1.54, 1.807) is 18.1 Å². The number of ether oxygens (including phenoxy) is 1. The molecule has 1 amide bonds. The monoisotopic (exact) mass is 400 g/mol. The second-order valence-electron chi connectivity index (χ2n) is 7.49. The first-order valence-corrected chi connectivity index (χ1v) is 9.90. The highest BCUT2D eigenvalue weighted by molar-refractivity contribution is 6.07. The molecule has 2 aromatic heterocycles. The third-order valence-corrected chi connectivity index (χ3v) is 4.99. The molecule has 30 heavy (non-hydrogen) atoms. The predicted molar refractivity (Wildman–Crippen MR) is 118 cm³/mol. The Balaban J connectivity index is 1.56. The molecule has 6 heteroatoms. The van der Waals surface area contributed by atoms with Crippen molar-refractivity contribution in [2.45, 2.75) is 26.8 Å². The summed E-state index contributed by atoms with van der Waals surface area (Å²) in [5, 5.41) is 5.26. The average molecular weight is 400 g/mol. The molecule has 0 aliphatic carbocycles. The van der Waals surface area contributed by atoms with Gasteiger partial charge < -0.3 is 9.64 Å². The van der Waals surface area contributed by atoms with Gasteiger partial charge in [-0.1, -0.05) is 18.2 Å². The summed E-state index contributed by atoms with van der Waals surface area (Å²) in [7, 11) is 1.76. The van der Waals surface area contributed by atoms with E-state index < -0.39 is 0 Å². The molecule has 2 aromatic carbocycles. The Morgan fingerprint density at radius 1 is 1.03 bits per heavy atom. The van der Waals surface area contributed by atoms with Gasteiger partial charge in [-0.3, -0.25) is 4.79 Å². The van der Waals surface area contributed by atoms with Crippen molar-refractivity contribution in [1.82, 2.24) is 14.8 Å². The van der Waals surface area contributed by atoms with Crippen LogP contribution in [-0.2, 0) is 0 Å². The first-order chi connectivity index (χ1) is 14.4. The second-order valence-corrected chi connectivity index (χ2v) is 7.49. The van der Waals surface area contributed by atoms with Gasteiger partial charge in [0.25, 0.3) is 5.91 Å². The van der Waals surface area contributed by atoms with E-state index in [4.69, 9.17) is 4.74 Å². The van der Waals surface area contributed by atoms with Gasteiger partial charge in [0.05, 0.1) is 17.5 Å². The third-order valence-electron chi connectivity index (χ3n) is 4.99. The number of aryl methyl sites for hydroxylation is 1. The number of fused-ring (bicyclic) bond motifs is 1. The first-order valence-electron chi connectivity index (χ1n) is 9.90. The molecule has 6 nitrogen and oxygen atoms in total. The van der Waals surface area contributed by atoms with Crippen molar-refractivity contribution in [2.24, 2.45) is 0 Å². The topological polar surface area (TPSA) is 60.2 Å². The van der Waals surface area contributed by atoms with E-state index >= 15 is 0 Å². The van der Waals surface area contributed by atoms with Gasteiger partial charge in [-0.25, -0.2) is 9.67 Å². The Morgan fingerprint density at radius 3 is 2.37 bits per heavy atom. The van der Waals surface area contributed by atoms with Crippen LogP contribution < -0.4 is 9.64 Å². The third kappa shape index (κ3) is 3.76. The zero-order valence-corrected chi connectivity index (χ0v) is 17.5. The first kappa shape index (κ1) is 19.6. The molecule has 0 fully saturated rings. The van der Waals surface area contributed by atoms with E-state index in [2.05, 4.69) is 23.9 Å². The van der Waals surface area contributed by atoms with Gasteiger partial charge in [0, 0.05) is 24.2 Å². The number of carbonyl (C=O) groups excluding carboxylic acids is 1. The summed E-state index contributed by atoms with van der Waals surface area (Å²) in [6, 6.07) is 19.1. The molecule has 152 valence electrons. The lowest BCUT2D eigenvalue weighted by Gasteiger charge is -2.19. The van der Waals surface area contributed by atoms with E-state index in [1.807, 2.05) is 72.3 Å². The van der Waals surface area contributed by atoms with Crippen molar-refractivity contribution < 1.29 is 9.53 Å². The highest BCUT2D eigenvalue weighted by Gasteiger charge is 2.19. The van der Waals surface area contributed by atoms with Crippen LogP contribution in [0.25, 0.3) is 11.0 Å². The molecule has 0 atom stereocenters. The van der Waals surface area contributed by atoms with Crippen LogP contribution in [0.3, 0.4) is 0 Å². The fraction of sp³-hybridized carbons (Fsp3) is 0.208. The standard InChI is InChI=1S/C24H24N4O2/c1-16(2)28-23-18(15-25-28)14-22(17(3)26-23)24(29)27(4)19-10-12-21(13-11-19)30-20-8-6-5-7-9-20/h5-16H,1-4H3. The van der Waals surface area contributed by atoms with E-state index in [9.17, 15) is 4.79 Å². The van der Waals surface area contributed by atoms with Gasteiger partial charge in [0.15, 0.2) is 5.65 Å². The molecule has 0 aliphatic rings. The minimum atomic E-state index is -0.115. The van der Waals surface area contributed by atoms with E-state index in [0.29, 0.717) is 17.0 Å². The molecule has 4 rings (SSSR count). The highest BCUT2D eigenvalue weighted by atomic mass is 16.5. The molecule has 0 saturated heterocycles. The number of aromatic nitrogens is 3. The molecule has 0 saturated carbocycles. The maximum Gasteiger partial charge on any atom is 0.259 e. The quantitative estimate of drug-likeness (QED) is 0.451. The fourth-order valence-electron chi connectivity index (χ4n) is 3.32. The molecule has 4 aromatic rings. The second kappa shape index (κ2) is 7.99. The Bertz CT molecular complexity index is 1180. The van der Waals surface area contributed by atoms with Crippen LogP contribution in [0, 0.1) is 6.92 Å². The smallest absolute Gasteiger partial charge is 0.259 e. The SMILES string of the molecule is Cc1nc2c(cnn2C(C)C)cc1C(=O)N(C)c1ccc(Oc2ccccc2)cc1. The number of pyridine rings is 1. The lowest BCUT2D eigenvalue weighted by Crippen LogP contribution is -2.27. The van der Waals surface area contributed by atoms with Crippen molar-refractivity contribution >= 4 is 22.6 Å². The Hall–Kier alpha value is -3.67. The Labute approximate surface area is 175 Å². The Morgan fingerprint density at radius 2 is 1.70 bits per heavy atom. The molecular weight excluding hydrogens is 376 g/mol. The number of rotatable bonds is 5. The van der Waals surface area contributed by atoms with Gasteiger partial charge in [0.1, 0.15) is 11.5 Å². The summed E-state index contributed by atoms with van der Waals surface area (Å²) in [5.74, 6) is 1.37. The summed E-state index contributed by atoms with van der Waals surface area (Å²) in [6.07, 6.45) is 1.76. The van der Waals surface area contributed by atoms with E-state index in [-0.39, 0.29) is 11.9 Å². The van der Waals surface area contributed by atoms with Crippen LogP contribution in [0.15, 0.2) is 66.9 Å². The number of para-hydroxylation sites is 1. The number of benzene rings is 2.